The molecule has 0 radical (unpaired) electrons. The van der Waals surface area contributed by atoms with Crippen molar-refractivity contribution in [1.29, 1.82) is 0 Å². The molecule has 0 saturated carbocycles. The number of benzene rings is 1. The van der Waals surface area contributed by atoms with Crippen molar-refractivity contribution in [3.63, 3.8) is 0 Å². The minimum absolute atomic E-state index is 0.0838. The number of amides is 4. The molecule has 4 amide bonds. The van der Waals surface area contributed by atoms with Gasteiger partial charge in [0.1, 0.15) is 17.3 Å². The van der Waals surface area contributed by atoms with Crippen LogP contribution in [-0.4, -0.2) is 84.0 Å². The van der Waals surface area contributed by atoms with Crippen molar-refractivity contribution in [2.75, 3.05) is 56.6 Å². The number of primary amides is 1. The Kier molecular flexibility index (Phi) is 7.92. The van der Waals surface area contributed by atoms with E-state index in [1.54, 1.807) is 17.6 Å². The summed E-state index contributed by atoms with van der Waals surface area (Å²) in [6, 6.07) is 10.6. The number of carbonyl (C=O) groups excluding carboxylic acids is 3. The molecule has 4 heterocycles. The van der Waals surface area contributed by atoms with Crippen LogP contribution in [0.5, 0.6) is 5.75 Å². The highest BCUT2D eigenvalue weighted by atomic mass is 32.1. The Morgan fingerprint density at radius 3 is 2.44 bits per heavy atom. The highest BCUT2D eigenvalue weighted by molar-refractivity contribution is 7.10. The van der Waals surface area contributed by atoms with Crippen LogP contribution in [0.25, 0.3) is 0 Å². The van der Waals surface area contributed by atoms with Crippen LogP contribution >= 0.6 is 11.3 Å². The van der Waals surface area contributed by atoms with Gasteiger partial charge in [0.15, 0.2) is 0 Å². The molecule has 3 N–H and O–H groups in total. The lowest BCUT2D eigenvalue weighted by atomic mass is 9.98. The third kappa shape index (κ3) is 5.95. The Balaban J connectivity index is 1.13. The summed E-state index contributed by atoms with van der Waals surface area (Å²) in [5, 5.41) is 5.38. The number of aromatic nitrogens is 2. The van der Waals surface area contributed by atoms with Crippen LogP contribution in [0.4, 0.5) is 16.3 Å². The van der Waals surface area contributed by atoms with Crippen LogP contribution in [0.3, 0.4) is 0 Å². The number of hydrogen-bond donors (Lipinski definition) is 2. The minimum Gasteiger partial charge on any atom is -0.495 e. The van der Waals surface area contributed by atoms with E-state index < -0.39 is 11.8 Å². The molecule has 5 rings (SSSR count). The average Bonchev–Trinajstić information content (AvgIpc) is 3.48. The van der Waals surface area contributed by atoms with Crippen LogP contribution in [-0.2, 0) is 0 Å². The maximum atomic E-state index is 13.1. The Hall–Kier alpha value is -4.19. The van der Waals surface area contributed by atoms with Crippen LogP contribution in [0.15, 0.2) is 48.0 Å². The Morgan fingerprint density at radius 1 is 1.03 bits per heavy atom. The number of piperazine rings is 1. The average molecular weight is 550 g/mol. The van der Waals surface area contributed by atoms with Gasteiger partial charge in [-0.1, -0.05) is 6.07 Å². The number of nitrogens with one attached hydrogen (secondary N) is 1. The maximum absolute atomic E-state index is 13.1. The maximum Gasteiger partial charge on any atom is 0.320 e. The van der Waals surface area contributed by atoms with Gasteiger partial charge in [0, 0.05) is 62.3 Å². The van der Waals surface area contributed by atoms with E-state index in [9.17, 15) is 14.4 Å². The van der Waals surface area contributed by atoms with E-state index in [-0.39, 0.29) is 17.5 Å². The normalized spacial score (nSPS) is 16.2. The molecule has 2 aromatic heterocycles. The Morgan fingerprint density at radius 2 is 1.77 bits per heavy atom. The molecule has 1 aromatic carbocycles. The molecule has 0 spiro atoms. The summed E-state index contributed by atoms with van der Waals surface area (Å²) >= 11 is 1.45. The summed E-state index contributed by atoms with van der Waals surface area (Å²) in [4.78, 5) is 52.6. The Bertz CT molecular complexity index is 1330. The number of thiazole rings is 1. The van der Waals surface area contributed by atoms with Gasteiger partial charge < -0.3 is 30.5 Å². The van der Waals surface area contributed by atoms with Crippen molar-refractivity contribution in [2.24, 2.45) is 5.73 Å². The molecular formula is C27H31N7O4S. The SMILES string of the molecule is COc1ccc(C(N)=O)cc1NC(=O)c1csc(C2CCN(C(=O)N3CCN(c4ccccn4)CC3)CC2)n1. The molecule has 2 aliphatic heterocycles. The summed E-state index contributed by atoms with van der Waals surface area (Å²) in [5.74, 6) is 0.559. The Labute approximate surface area is 230 Å². The first-order chi connectivity index (χ1) is 18.9. The number of piperidine rings is 1. The number of ether oxygens (including phenoxy) is 1. The molecule has 0 aliphatic carbocycles. The summed E-state index contributed by atoms with van der Waals surface area (Å²) in [6.45, 7) is 4.19. The van der Waals surface area contributed by atoms with E-state index in [2.05, 4.69) is 20.2 Å². The first-order valence-corrected chi connectivity index (χ1v) is 13.8. The van der Waals surface area contributed by atoms with Gasteiger partial charge in [-0.05, 0) is 43.2 Å². The molecule has 12 heteroatoms. The topological polar surface area (TPSA) is 134 Å². The predicted octanol–water partition coefficient (Wildman–Crippen LogP) is 3.02. The van der Waals surface area contributed by atoms with E-state index in [1.165, 1.54) is 30.6 Å². The van der Waals surface area contributed by atoms with E-state index in [4.69, 9.17) is 10.5 Å². The summed E-state index contributed by atoms with van der Waals surface area (Å²) in [7, 11) is 1.48. The predicted molar refractivity (Wildman–Crippen MR) is 149 cm³/mol. The molecule has 2 saturated heterocycles. The van der Waals surface area contributed by atoms with Gasteiger partial charge in [-0.15, -0.1) is 11.3 Å². The molecule has 0 bridgehead atoms. The summed E-state index contributed by atoms with van der Waals surface area (Å²) in [5.41, 5.74) is 6.28. The third-order valence-electron chi connectivity index (χ3n) is 7.12. The van der Waals surface area contributed by atoms with E-state index in [0.29, 0.717) is 43.3 Å². The second-order valence-electron chi connectivity index (χ2n) is 9.51. The zero-order chi connectivity index (χ0) is 27.4. The van der Waals surface area contributed by atoms with Crippen molar-refractivity contribution in [3.05, 3.63) is 64.2 Å². The number of carbonyl (C=O) groups is 3. The van der Waals surface area contributed by atoms with Crippen molar-refractivity contribution in [2.45, 2.75) is 18.8 Å². The van der Waals surface area contributed by atoms with Crippen molar-refractivity contribution < 1.29 is 19.1 Å². The zero-order valence-electron chi connectivity index (χ0n) is 21.7. The number of nitrogens with zero attached hydrogens (tertiary/aromatic N) is 5. The van der Waals surface area contributed by atoms with Gasteiger partial charge in [-0.3, -0.25) is 9.59 Å². The molecule has 204 valence electrons. The molecule has 0 unspecified atom stereocenters. The number of likely N-dealkylation sites (tertiary alicyclic amines) is 1. The zero-order valence-corrected chi connectivity index (χ0v) is 22.5. The molecule has 2 fully saturated rings. The van der Waals surface area contributed by atoms with Gasteiger partial charge in [0.25, 0.3) is 5.91 Å². The molecule has 0 atom stereocenters. The number of pyridine rings is 1. The molecule has 39 heavy (non-hydrogen) atoms. The second-order valence-corrected chi connectivity index (χ2v) is 10.4. The van der Waals surface area contributed by atoms with Gasteiger partial charge in [-0.25, -0.2) is 14.8 Å². The fourth-order valence-electron chi connectivity index (χ4n) is 4.91. The number of methoxy groups -OCH3 is 1. The quantitative estimate of drug-likeness (QED) is 0.483. The lowest BCUT2D eigenvalue weighted by Gasteiger charge is -2.39. The number of rotatable bonds is 6. The number of anilines is 2. The third-order valence-corrected chi connectivity index (χ3v) is 8.13. The van der Waals surface area contributed by atoms with Crippen LogP contribution in [0.1, 0.15) is 44.6 Å². The molecule has 11 nitrogen and oxygen atoms in total. The van der Waals surface area contributed by atoms with E-state index in [0.717, 1.165) is 36.8 Å². The van der Waals surface area contributed by atoms with Crippen LogP contribution < -0.4 is 20.7 Å². The van der Waals surface area contributed by atoms with Crippen LogP contribution in [0, 0.1) is 0 Å². The largest absolute Gasteiger partial charge is 0.495 e. The standard InChI is InChI=1S/C27H31N7O4S/c1-38-22-6-5-19(24(28)35)16-20(22)30-25(36)21-17-39-26(31-21)18-7-10-33(11-8-18)27(37)34-14-12-32(13-15-34)23-4-2-3-9-29-23/h2-6,9,16-18H,7-8,10-15H2,1H3,(H2,28,35)(H,30,36). The number of hydrogen-bond acceptors (Lipinski definition) is 8. The van der Waals surface area contributed by atoms with E-state index in [1.807, 2.05) is 28.0 Å². The highest BCUT2D eigenvalue weighted by Gasteiger charge is 2.30. The number of nitrogens with two attached hydrogens (primary N) is 1. The monoisotopic (exact) mass is 549 g/mol. The van der Waals surface area contributed by atoms with Gasteiger partial charge in [-0.2, -0.15) is 0 Å². The van der Waals surface area contributed by atoms with Crippen LogP contribution in [0.2, 0.25) is 0 Å². The van der Waals surface area contributed by atoms with Crippen molar-refractivity contribution in [3.8, 4) is 5.75 Å². The first kappa shape index (κ1) is 26.4. The first-order valence-electron chi connectivity index (χ1n) is 12.9. The van der Waals surface area contributed by atoms with Crippen molar-refractivity contribution >= 4 is 40.7 Å². The van der Waals surface area contributed by atoms with Gasteiger partial charge >= 0.3 is 6.03 Å². The van der Waals surface area contributed by atoms with Gasteiger partial charge in [0.05, 0.1) is 17.8 Å². The highest BCUT2D eigenvalue weighted by Crippen LogP contribution is 2.32. The smallest absolute Gasteiger partial charge is 0.320 e. The molecule has 3 aromatic rings. The summed E-state index contributed by atoms with van der Waals surface area (Å²) < 4.78 is 5.29. The van der Waals surface area contributed by atoms with Crippen molar-refractivity contribution in [1.82, 2.24) is 19.8 Å². The molecular weight excluding hydrogens is 518 g/mol. The van der Waals surface area contributed by atoms with E-state index >= 15 is 0 Å². The number of urea groups is 1. The van der Waals surface area contributed by atoms with Gasteiger partial charge in [0.2, 0.25) is 5.91 Å². The lowest BCUT2D eigenvalue weighted by molar-refractivity contribution is 0.0995. The second kappa shape index (κ2) is 11.7. The molecule has 2 aliphatic rings. The summed E-state index contributed by atoms with van der Waals surface area (Å²) in [6.07, 6.45) is 3.38. The minimum atomic E-state index is -0.597. The lowest BCUT2D eigenvalue weighted by Crippen LogP contribution is -2.54. The fraction of sp³-hybridized carbons (Fsp3) is 0.370. The fourth-order valence-corrected chi connectivity index (χ4v) is 5.88.